The van der Waals surface area contributed by atoms with Crippen molar-refractivity contribution >= 4 is 0 Å². The van der Waals surface area contributed by atoms with Crippen molar-refractivity contribution in [1.82, 2.24) is 9.78 Å². The van der Waals surface area contributed by atoms with Crippen LogP contribution in [0.5, 0.6) is 0 Å². The normalized spacial score (nSPS) is 12.9. The first-order valence-corrected chi connectivity index (χ1v) is 5.11. The molecule has 2 aromatic heterocycles. The number of aryl methyl sites for hydroxylation is 1. The standard InChI is InChI=1S/C11H15N3O/c1-2-4-14-7-10(6-13-14)11(12)9-3-5-15-8-9/h3,5-8,11H,2,4,12H2,1H3. The summed E-state index contributed by atoms with van der Waals surface area (Å²) < 4.78 is 6.92. The average molecular weight is 205 g/mol. The van der Waals surface area contributed by atoms with Gasteiger partial charge in [-0.05, 0) is 12.5 Å². The third-order valence-electron chi connectivity index (χ3n) is 2.37. The molecule has 2 N–H and O–H groups in total. The smallest absolute Gasteiger partial charge is 0.0953 e. The Bertz CT molecular complexity index is 405. The van der Waals surface area contributed by atoms with Crippen LogP contribution in [0, 0.1) is 0 Å². The van der Waals surface area contributed by atoms with Gasteiger partial charge in [0.25, 0.3) is 0 Å². The first-order chi connectivity index (χ1) is 7.31. The molecule has 80 valence electrons. The summed E-state index contributed by atoms with van der Waals surface area (Å²) in [5.41, 5.74) is 8.05. The Morgan fingerprint density at radius 1 is 1.53 bits per heavy atom. The van der Waals surface area contributed by atoms with Gasteiger partial charge in [-0.15, -0.1) is 0 Å². The molecular weight excluding hydrogens is 190 g/mol. The van der Waals surface area contributed by atoms with Gasteiger partial charge in [0.2, 0.25) is 0 Å². The van der Waals surface area contributed by atoms with Crippen molar-refractivity contribution in [3.63, 3.8) is 0 Å². The average Bonchev–Trinajstić information content (AvgIpc) is 2.87. The van der Waals surface area contributed by atoms with E-state index < -0.39 is 0 Å². The Morgan fingerprint density at radius 3 is 3.07 bits per heavy atom. The van der Waals surface area contributed by atoms with Gasteiger partial charge >= 0.3 is 0 Å². The summed E-state index contributed by atoms with van der Waals surface area (Å²) in [6.45, 7) is 3.05. The van der Waals surface area contributed by atoms with E-state index >= 15 is 0 Å². The third-order valence-corrected chi connectivity index (χ3v) is 2.37. The molecule has 0 aromatic carbocycles. The summed E-state index contributed by atoms with van der Waals surface area (Å²) >= 11 is 0. The van der Waals surface area contributed by atoms with Crippen molar-refractivity contribution < 1.29 is 4.42 Å². The molecule has 0 aliphatic rings. The van der Waals surface area contributed by atoms with Crippen LogP contribution >= 0.6 is 0 Å². The second kappa shape index (κ2) is 4.31. The molecule has 2 rings (SSSR count). The van der Waals surface area contributed by atoms with E-state index in [9.17, 15) is 0 Å². The van der Waals surface area contributed by atoms with Crippen LogP contribution in [0.2, 0.25) is 0 Å². The summed E-state index contributed by atoms with van der Waals surface area (Å²) in [5, 5.41) is 4.24. The van der Waals surface area contributed by atoms with Crippen LogP contribution in [0.4, 0.5) is 0 Å². The van der Waals surface area contributed by atoms with Gasteiger partial charge in [-0.3, -0.25) is 4.68 Å². The Morgan fingerprint density at radius 2 is 2.40 bits per heavy atom. The van der Waals surface area contributed by atoms with E-state index in [0.29, 0.717) is 0 Å². The lowest BCUT2D eigenvalue weighted by atomic mass is 10.1. The lowest BCUT2D eigenvalue weighted by Crippen LogP contribution is -2.09. The summed E-state index contributed by atoms with van der Waals surface area (Å²) in [5.74, 6) is 0. The minimum absolute atomic E-state index is 0.144. The number of hydrogen-bond acceptors (Lipinski definition) is 3. The predicted octanol–water partition coefficient (Wildman–Crippen LogP) is 1.93. The molecule has 1 unspecified atom stereocenters. The molecule has 4 nitrogen and oxygen atoms in total. The van der Waals surface area contributed by atoms with E-state index in [1.54, 1.807) is 12.5 Å². The molecule has 2 heterocycles. The second-order valence-corrected chi connectivity index (χ2v) is 3.57. The SMILES string of the molecule is CCCn1cc(C(N)c2ccoc2)cn1. The van der Waals surface area contributed by atoms with Crippen LogP contribution in [-0.4, -0.2) is 9.78 Å². The van der Waals surface area contributed by atoms with Gasteiger partial charge in [-0.25, -0.2) is 0 Å². The van der Waals surface area contributed by atoms with Crippen LogP contribution in [0.25, 0.3) is 0 Å². The molecule has 0 amide bonds. The Hall–Kier alpha value is -1.55. The molecule has 0 fully saturated rings. The molecule has 0 saturated carbocycles. The lowest BCUT2D eigenvalue weighted by Gasteiger charge is -2.05. The molecule has 0 radical (unpaired) electrons. The van der Waals surface area contributed by atoms with Crippen LogP contribution in [0.3, 0.4) is 0 Å². The minimum Gasteiger partial charge on any atom is -0.472 e. The number of furan rings is 1. The number of nitrogens with two attached hydrogens (primary N) is 1. The Kier molecular flexibility index (Phi) is 2.87. The highest BCUT2D eigenvalue weighted by molar-refractivity contribution is 5.24. The zero-order valence-electron chi connectivity index (χ0n) is 8.76. The maximum absolute atomic E-state index is 6.06. The molecule has 4 heteroatoms. The summed E-state index contributed by atoms with van der Waals surface area (Å²) in [6.07, 6.45) is 8.17. The van der Waals surface area contributed by atoms with Crippen molar-refractivity contribution in [3.05, 3.63) is 42.1 Å². The zero-order valence-corrected chi connectivity index (χ0v) is 8.76. The molecule has 2 aromatic rings. The van der Waals surface area contributed by atoms with Crippen LogP contribution in [0.15, 0.2) is 35.4 Å². The largest absolute Gasteiger partial charge is 0.472 e. The van der Waals surface area contributed by atoms with Crippen LogP contribution < -0.4 is 5.73 Å². The van der Waals surface area contributed by atoms with Crippen molar-refractivity contribution in [3.8, 4) is 0 Å². The number of aromatic nitrogens is 2. The van der Waals surface area contributed by atoms with E-state index in [-0.39, 0.29) is 6.04 Å². The summed E-state index contributed by atoms with van der Waals surface area (Å²) in [6, 6.07) is 1.73. The van der Waals surface area contributed by atoms with Crippen molar-refractivity contribution in [2.75, 3.05) is 0 Å². The highest BCUT2D eigenvalue weighted by Crippen LogP contribution is 2.18. The van der Waals surface area contributed by atoms with E-state index in [1.807, 2.05) is 23.1 Å². The van der Waals surface area contributed by atoms with Gasteiger partial charge in [0.1, 0.15) is 0 Å². The molecule has 0 aliphatic heterocycles. The Labute approximate surface area is 88.7 Å². The van der Waals surface area contributed by atoms with Gasteiger partial charge in [-0.1, -0.05) is 6.92 Å². The van der Waals surface area contributed by atoms with Crippen molar-refractivity contribution in [2.24, 2.45) is 5.73 Å². The van der Waals surface area contributed by atoms with Crippen molar-refractivity contribution in [2.45, 2.75) is 25.9 Å². The van der Waals surface area contributed by atoms with Gasteiger partial charge in [-0.2, -0.15) is 5.10 Å². The molecule has 0 aliphatic carbocycles. The van der Waals surface area contributed by atoms with E-state index in [4.69, 9.17) is 10.2 Å². The summed E-state index contributed by atoms with van der Waals surface area (Å²) in [7, 11) is 0. The zero-order chi connectivity index (χ0) is 10.7. The Balaban J connectivity index is 2.15. The first kappa shape index (κ1) is 9.98. The van der Waals surface area contributed by atoms with Crippen LogP contribution in [0.1, 0.15) is 30.5 Å². The maximum Gasteiger partial charge on any atom is 0.0953 e. The second-order valence-electron chi connectivity index (χ2n) is 3.57. The third kappa shape index (κ3) is 2.10. The molecular formula is C11H15N3O. The molecule has 15 heavy (non-hydrogen) atoms. The molecule has 0 saturated heterocycles. The summed E-state index contributed by atoms with van der Waals surface area (Å²) in [4.78, 5) is 0. The first-order valence-electron chi connectivity index (χ1n) is 5.11. The minimum atomic E-state index is -0.144. The van der Waals surface area contributed by atoms with E-state index in [1.165, 1.54) is 0 Å². The highest BCUT2D eigenvalue weighted by Gasteiger charge is 2.11. The van der Waals surface area contributed by atoms with E-state index in [0.717, 1.165) is 24.1 Å². The monoisotopic (exact) mass is 205 g/mol. The van der Waals surface area contributed by atoms with Gasteiger partial charge in [0.15, 0.2) is 0 Å². The quantitative estimate of drug-likeness (QED) is 0.829. The van der Waals surface area contributed by atoms with Gasteiger partial charge in [0.05, 0.1) is 24.8 Å². The lowest BCUT2D eigenvalue weighted by molar-refractivity contribution is 0.562. The molecule has 0 bridgehead atoms. The fourth-order valence-corrected chi connectivity index (χ4v) is 1.54. The number of nitrogens with zero attached hydrogens (tertiary/aromatic N) is 2. The topological polar surface area (TPSA) is 57.0 Å². The molecule has 0 spiro atoms. The van der Waals surface area contributed by atoms with Crippen molar-refractivity contribution in [1.29, 1.82) is 0 Å². The fraction of sp³-hybridized carbons (Fsp3) is 0.364. The van der Waals surface area contributed by atoms with Gasteiger partial charge < -0.3 is 10.2 Å². The van der Waals surface area contributed by atoms with Gasteiger partial charge in [0, 0.05) is 23.9 Å². The maximum atomic E-state index is 6.06. The molecule has 1 atom stereocenters. The van der Waals surface area contributed by atoms with E-state index in [2.05, 4.69) is 12.0 Å². The number of hydrogen-bond donors (Lipinski definition) is 1. The number of rotatable bonds is 4. The predicted molar refractivity (Wildman–Crippen MR) is 57.3 cm³/mol. The highest BCUT2D eigenvalue weighted by atomic mass is 16.3. The fourth-order valence-electron chi connectivity index (χ4n) is 1.54. The van der Waals surface area contributed by atoms with Crippen LogP contribution in [-0.2, 0) is 6.54 Å².